The van der Waals surface area contributed by atoms with Crippen LogP contribution in [0.25, 0.3) is 0 Å². The number of thiophene rings is 1. The number of hydrogen-bond donors (Lipinski definition) is 0. The molecule has 1 aromatic heterocycles. The van der Waals surface area contributed by atoms with Crippen LogP contribution in [0.1, 0.15) is 23.3 Å². The molecule has 0 aliphatic heterocycles. The highest BCUT2D eigenvalue weighted by Crippen LogP contribution is 2.32. The Bertz CT molecular complexity index is 551. The minimum absolute atomic E-state index is 0.177. The third-order valence-electron chi connectivity index (χ3n) is 3.41. The molecule has 0 unspecified atom stereocenters. The van der Waals surface area contributed by atoms with Crippen LogP contribution in [0.2, 0.25) is 0 Å². The van der Waals surface area contributed by atoms with Crippen LogP contribution in [0.4, 0.5) is 4.39 Å². The van der Waals surface area contributed by atoms with Gasteiger partial charge in [0.15, 0.2) is 0 Å². The highest BCUT2D eigenvalue weighted by atomic mass is 79.9. The normalized spacial score (nSPS) is 15.1. The molecule has 19 heavy (non-hydrogen) atoms. The maximum absolute atomic E-state index is 13.6. The van der Waals surface area contributed by atoms with Crippen molar-refractivity contribution in [3.63, 3.8) is 0 Å². The quantitative estimate of drug-likeness (QED) is 0.755. The number of hydrogen-bond acceptors (Lipinski definition) is 2. The van der Waals surface area contributed by atoms with Crippen molar-refractivity contribution < 1.29 is 4.39 Å². The Morgan fingerprint density at radius 1 is 1.21 bits per heavy atom. The van der Waals surface area contributed by atoms with E-state index in [2.05, 4.69) is 38.3 Å². The van der Waals surface area contributed by atoms with Gasteiger partial charge >= 0.3 is 0 Å². The highest BCUT2D eigenvalue weighted by Gasteiger charge is 2.29. The van der Waals surface area contributed by atoms with Crippen LogP contribution in [0.15, 0.2) is 40.2 Å². The first-order valence-corrected chi connectivity index (χ1v) is 8.10. The van der Waals surface area contributed by atoms with Gasteiger partial charge in [-0.3, -0.25) is 4.90 Å². The molecule has 1 fully saturated rings. The van der Waals surface area contributed by atoms with Crippen molar-refractivity contribution in [1.29, 1.82) is 0 Å². The van der Waals surface area contributed by atoms with E-state index < -0.39 is 0 Å². The number of benzene rings is 1. The molecule has 2 aromatic rings. The molecule has 4 heteroatoms. The first kappa shape index (κ1) is 13.3. The van der Waals surface area contributed by atoms with Gasteiger partial charge < -0.3 is 0 Å². The van der Waals surface area contributed by atoms with Crippen LogP contribution in [-0.2, 0) is 13.1 Å². The molecule has 0 saturated heterocycles. The van der Waals surface area contributed by atoms with Crippen LogP contribution < -0.4 is 0 Å². The summed E-state index contributed by atoms with van der Waals surface area (Å²) in [5.74, 6) is -0.177. The van der Waals surface area contributed by atoms with Crippen molar-refractivity contribution in [3.8, 4) is 0 Å². The molecule has 0 amide bonds. The topological polar surface area (TPSA) is 3.24 Å². The Kier molecular flexibility index (Phi) is 4.01. The molecule has 100 valence electrons. The summed E-state index contributed by atoms with van der Waals surface area (Å²) in [6, 6.07) is 10.2. The second-order valence-electron chi connectivity index (χ2n) is 4.93. The molecule has 1 aliphatic carbocycles. The minimum atomic E-state index is -0.177. The van der Waals surface area contributed by atoms with Crippen molar-refractivity contribution in [2.75, 3.05) is 0 Å². The number of rotatable bonds is 5. The predicted molar refractivity (Wildman–Crippen MR) is 80.7 cm³/mol. The van der Waals surface area contributed by atoms with Gasteiger partial charge in [-0.25, -0.2) is 4.39 Å². The zero-order chi connectivity index (χ0) is 13.2. The van der Waals surface area contributed by atoms with Crippen molar-refractivity contribution in [1.82, 2.24) is 4.90 Å². The van der Waals surface area contributed by atoms with Gasteiger partial charge in [-0.05, 0) is 51.8 Å². The molecule has 1 nitrogen and oxygen atoms in total. The lowest BCUT2D eigenvalue weighted by Crippen LogP contribution is -2.24. The monoisotopic (exact) mass is 339 g/mol. The van der Waals surface area contributed by atoms with E-state index in [4.69, 9.17) is 0 Å². The van der Waals surface area contributed by atoms with Gasteiger partial charge in [0.05, 0.1) is 4.47 Å². The summed E-state index contributed by atoms with van der Waals surface area (Å²) in [6.45, 7) is 1.77. The third kappa shape index (κ3) is 3.25. The standard InChI is InChI=1S/C15H15BrFNS/c16-15-11(3-1-5-14(15)17)9-18(12-6-7-12)10-13-4-2-8-19-13/h1-5,8,12H,6-7,9-10H2. The Morgan fingerprint density at radius 2 is 2.05 bits per heavy atom. The lowest BCUT2D eigenvalue weighted by Gasteiger charge is -2.22. The first-order valence-electron chi connectivity index (χ1n) is 6.43. The molecule has 0 radical (unpaired) electrons. The van der Waals surface area contributed by atoms with Gasteiger partial charge in [-0.2, -0.15) is 0 Å². The van der Waals surface area contributed by atoms with Gasteiger partial charge in [-0.15, -0.1) is 11.3 Å². The van der Waals surface area contributed by atoms with Gasteiger partial charge in [0.2, 0.25) is 0 Å². The summed E-state index contributed by atoms with van der Waals surface area (Å²) in [5, 5.41) is 2.11. The third-order valence-corrected chi connectivity index (χ3v) is 5.16. The SMILES string of the molecule is Fc1cccc(CN(Cc2cccs2)C2CC2)c1Br. The summed E-state index contributed by atoms with van der Waals surface area (Å²) in [6.07, 6.45) is 2.52. The summed E-state index contributed by atoms with van der Waals surface area (Å²) >= 11 is 5.14. The molecule has 0 atom stereocenters. The Morgan fingerprint density at radius 3 is 2.74 bits per heavy atom. The fourth-order valence-corrected chi connectivity index (χ4v) is 3.37. The second-order valence-corrected chi connectivity index (χ2v) is 6.75. The molecular formula is C15H15BrFNS. The minimum Gasteiger partial charge on any atom is -0.291 e. The average Bonchev–Trinajstić information content (AvgIpc) is 3.13. The second kappa shape index (κ2) is 5.73. The zero-order valence-corrected chi connectivity index (χ0v) is 12.9. The van der Waals surface area contributed by atoms with Crippen LogP contribution in [0, 0.1) is 5.82 Å². The lowest BCUT2D eigenvalue weighted by atomic mass is 10.2. The van der Waals surface area contributed by atoms with Crippen LogP contribution in [0.5, 0.6) is 0 Å². The summed E-state index contributed by atoms with van der Waals surface area (Å²) < 4.78 is 14.2. The fraction of sp³-hybridized carbons (Fsp3) is 0.333. The van der Waals surface area contributed by atoms with Crippen molar-refractivity contribution in [3.05, 3.63) is 56.4 Å². The van der Waals surface area contributed by atoms with Gasteiger partial charge in [-0.1, -0.05) is 18.2 Å². The van der Waals surface area contributed by atoms with E-state index in [1.54, 1.807) is 17.4 Å². The van der Waals surface area contributed by atoms with Gasteiger partial charge in [0.1, 0.15) is 5.82 Å². The molecule has 3 rings (SSSR count). The van der Waals surface area contributed by atoms with E-state index >= 15 is 0 Å². The van der Waals surface area contributed by atoms with Crippen molar-refractivity contribution in [2.24, 2.45) is 0 Å². The summed E-state index contributed by atoms with van der Waals surface area (Å²) in [5.41, 5.74) is 1.03. The van der Waals surface area contributed by atoms with Gasteiger partial charge in [0, 0.05) is 24.0 Å². The average molecular weight is 340 g/mol. The molecule has 0 spiro atoms. The predicted octanol–water partition coefficient (Wildman–Crippen LogP) is 4.81. The molecule has 1 saturated carbocycles. The van der Waals surface area contributed by atoms with E-state index in [9.17, 15) is 4.39 Å². The molecule has 0 bridgehead atoms. The van der Waals surface area contributed by atoms with Crippen LogP contribution in [0.3, 0.4) is 0 Å². The van der Waals surface area contributed by atoms with E-state index in [1.165, 1.54) is 23.8 Å². The van der Waals surface area contributed by atoms with E-state index in [0.29, 0.717) is 10.5 Å². The largest absolute Gasteiger partial charge is 0.291 e. The van der Waals surface area contributed by atoms with Crippen molar-refractivity contribution >= 4 is 27.3 Å². The maximum atomic E-state index is 13.6. The van der Waals surface area contributed by atoms with Crippen molar-refractivity contribution in [2.45, 2.75) is 32.0 Å². The lowest BCUT2D eigenvalue weighted by molar-refractivity contribution is 0.247. The Labute approximate surface area is 125 Å². The Hall–Kier alpha value is -0.710. The molecular weight excluding hydrogens is 325 g/mol. The number of nitrogens with zero attached hydrogens (tertiary/aromatic N) is 1. The zero-order valence-electron chi connectivity index (χ0n) is 10.5. The molecule has 0 N–H and O–H groups in total. The highest BCUT2D eigenvalue weighted by molar-refractivity contribution is 9.10. The molecule has 1 aromatic carbocycles. The van der Waals surface area contributed by atoms with E-state index in [1.807, 2.05) is 6.07 Å². The molecule has 1 aliphatic rings. The smallest absolute Gasteiger partial charge is 0.137 e. The van der Waals surface area contributed by atoms with Crippen LogP contribution in [-0.4, -0.2) is 10.9 Å². The van der Waals surface area contributed by atoms with E-state index in [-0.39, 0.29) is 5.82 Å². The van der Waals surface area contributed by atoms with E-state index in [0.717, 1.165) is 18.7 Å². The van der Waals surface area contributed by atoms with Crippen LogP contribution >= 0.6 is 27.3 Å². The molecule has 1 heterocycles. The number of halogens is 2. The summed E-state index contributed by atoms with van der Waals surface area (Å²) in [4.78, 5) is 3.82. The maximum Gasteiger partial charge on any atom is 0.137 e. The Balaban J connectivity index is 1.76. The first-order chi connectivity index (χ1) is 9.24. The fourth-order valence-electron chi connectivity index (χ4n) is 2.25. The summed E-state index contributed by atoms with van der Waals surface area (Å²) in [7, 11) is 0. The van der Waals surface area contributed by atoms with Gasteiger partial charge in [0.25, 0.3) is 0 Å².